The number of pyridine rings is 1. The first-order valence-corrected chi connectivity index (χ1v) is 6.12. The molecule has 2 N–H and O–H groups in total. The highest BCUT2D eigenvalue weighted by Crippen LogP contribution is 2.25. The molecule has 20 heavy (non-hydrogen) atoms. The maximum absolute atomic E-state index is 12.9. The average Bonchev–Trinajstić information content (AvgIpc) is 2.42. The van der Waals surface area contributed by atoms with Crippen molar-refractivity contribution >= 4 is 11.7 Å². The van der Waals surface area contributed by atoms with Crippen LogP contribution >= 0.6 is 0 Å². The van der Waals surface area contributed by atoms with E-state index in [9.17, 15) is 14.3 Å². The Morgan fingerprint density at radius 1 is 1.25 bits per heavy atom. The molecule has 1 aromatic heterocycles. The normalized spacial score (nSPS) is 13.6. The number of anilines is 1. The molecule has 0 radical (unpaired) electrons. The number of halogens is 1. The highest BCUT2D eigenvalue weighted by molar-refractivity contribution is 5.83. The van der Waals surface area contributed by atoms with Gasteiger partial charge >= 0.3 is 5.97 Å². The predicted octanol–water partition coefficient (Wildman–Crippen LogP) is 2.94. The minimum atomic E-state index is -1.43. The number of nitrogens with zero attached hydrogens (tertiary/aromatic N) is 1. The van der Waals surface area contributed by atoms with Gasteiger partial charge in [0.2, 0.25) is 0 Å². The van der Waals surface area contributed by atoms with Crippen molar-refractivity contribution in [1.29, 1.82) is 0 Å². The summed E-state index contributed by atoms with van der Waals surface area (Å²) in [5, 5.41) is 12.4. The smallest absolute Gasteiger partial charge is 0.335 e. The number of carboxylic acids is 1. The van der Waals surface area contributed by atoms with Crippen molar-refractivity contribution in [2.45, 2.75) is 19.4 Å². The third-order valence-corrected chi connectivity index (χ3v) is 3.11. The molecule has 104 valence electrons. The Balaban J connectivity index is 2.37. The summed E-state index contributed by atoms with van der Waals surface area (Å²) in [6.07, 6.45) is 1.01. The summed E-state index contributed by atoms with van der Waals surface area (Å²) >= 11 is 0. The van der Waals surface area contributed by atoms with Gasteiger partial charge in [0, 0.05) is 5.69 Å². The van der Waals surface area contributed by atoms with Crippen molar-refractivity contribution in [3.8, 4) is 0 Å². The lowest BCUT2D eigenvalue weighted by Gasteiger charge is -2.27. The van der Waals surface area contributed by atoms with E-state index in [2.05, 4.69) is 10.3 Å². The van der Waals surface area contributed by atoms with Gasteiger partial charge in [0.15, 0.2) is 5.54 Å². The van der Waals surface area contributed by atoms with Crippen LogP contribution in [0.3, 0.4) is 0 Å². The molecule has 2 aromatic rings. The number of aliphatic carboxylic acids is 1. The lowest BCUT2D eigenvalue weighted by molar-refractivity contribution is -0.142. The van der Waals surface area contributed by atoms with Crippen LogP contribution < -0.4 is 5.32 Å². The Morgan fingerprint density at radius 3 is 2.40 bits per heavy atom. The maximum atomic E-state index is 12.9. The molecule has 1 atom stereocenters. The molecule has 0 aliphatic carbocycles. The number of carboxylic acid groups (broad SMARTS) is 1. The van der Waals surface area contributed by atoms with Gasteiger partial charge in [-0.15, -0.1) is 0 Å². The fourth-order valence-corrected chi connectivity index (χ4v) is 1.82. The zero-order valence-corrected chi connectivity index (χ0v) is 11.2. The quantitative estimate of drug-likeness (QED) is 0.899. The highest BCUT2D eigenvalue weighted by atomic mass is 19.1. The van der Waals surface area contributed by atoms with Gasteiger partial charge in [-0.3, -0.25) is 4.98 Å². The van der Waals surface area contributed by atoms with E-state index in [1.165, 1.54) is 19.1 Å². The standard InChI is InChI=1S/C15H15FN2O2/c1-10-3-6-12(7-4-10)18-15(2,14(19)20)13-8-5-11(16)9-17-13/h3-9,18H,1-2H3,(H,19,20). The third-order valence-electron chi connectivity index (χ3n) is 3.11. The number of hydrogen-bond donors (Lipinski definition) is 2. The SMILES string of the molecule is Cc1ccc(NC(C)(C(=O)O)c2ccc(F)cn2)cc1. The maximum Gasteiger partial charge on any atom is 0.335 e. The second-order valence-corrected chi connectivity index (χ2v) is 4.78. The number of nitrogens with one attached hydrogen (secondary N) is 1. The molecule has 1 heterocycles. The zero-order valence-electron chi connectivity index (χ0n) is 11.2. The van der Waals surface area contributed by atoms with Crippen molar-refractivity contribution in [2.24, 2.45) is 0 Å². The molecule has 2 rings (SSSR count). The summed E-state index contributed by atoms with van der Waals surface area (Å²) < 4.78 is 12.9. The molecule has 0 aliphatic heterocycles. The minimum absolute atomic E-state index is 0.243. The number of aromatic nitrogens is 1. The first-order chi connectivity index (χ1) is 9.41. The number of benzene rings is 1. The van der Waals surface area contributed by atoms with Crippen molar-refractivity contribution in [3.05, 3.63) is 59.7 Å². The minimum Gasteiger partial charge on any atom is -0.479 e. The van der Waals surface area contributed by atoms with Crippen LogP contribution in [0.25, 0.3) is 0 Å². The van der Waals surface area contributed by atoms with E-state index in [0.717, 1.165) is 11.8 Å². The van der Waals surface area contributed by atoms with Crippen LogP contribution in [0.5, 0.6) is 0 Å². The van der Waals surface area contributed by atoms with Crippen molar-refractivity contribution < 1.29 is 14.3 Å². The van der Waals surface area contributed by atoms with E-state index < -0.39 is 17.3 Å². The highest BCUT2D eigenvalue weighted by Gasteiger charge is 2.36. The molecular formula is C15H15FN2O2. The largest absolute Gasteiger partial charge is 0.479 e. The van der Waals surface area contributed by atoms with Crippen LogP contribution in [0.2, 0.25) is 0 Å². The van der Waals surface area contributed by atoms with Gasteiger partial charge in [-0.05, 0) is 38.1 Å². The lowest BCUT2D eigenvalue weighted by Crippen LogP contribution is -2.41. The summed E-state index contributed by atoms with van der Waals surface area (Å²) in [6.45, 7) is 3.44. The fraction of sp³-hybridized carbons (Fsp3) is 0.200. The summed E-state index contributed by atoms with van der Waals surface area (Å²) in [5.41, 5.74) is 0.550. The van der Waals surface area contributed by atoms with E-state index in [1.54, 1.807) is 12.1 Å². The number of rotatable bonds is 4. The Bertz CT molecular complexity index is 611. The van der Waals surface area contributed by atoms with Crippen LogP contribution in [0.1, 0.15) is 18.2 Å². The van der Waals surface area contributed by atoms with Crippen LogP contribution in [0.4, 0.5) is 10.1 Å². The Labute approximate surface area is 116 Å². The molecule has 0 saturated carbocycles. The molecule has 0 amide bonds. The van der Waals surface area contributed by atoms with Gasteiger partial charge in [0.1, 0.15) is 5.82 Å². The van der Waals surface area contributed by atoms with Crippen molar-refractivity contribution in [1.82, 2.24) is 4.98 Å². The van der Waals surface area contributed by atoms with Crippen LogP contribution in [-0.4, -0.2) is 16.1 Å². The Hall–Kier alpha value is -2.43. The number of aryl methyl sites for hydroxylation is 1. The molecule has 0 saturated heterocycles. The van der Waals surface area contributed by atoms with Gasteiger partial charge in [0.25, 0.3) is 0 Å². The second kappa shape index (κ2) is 5.28. The Kier molecular flexibility index (Phi) is 3.70. The molecule has 0 aliphatic rings. The molecule has 1 unspecified atom stereocenters. The molecular weight excluding hydrogens is 259 g/mol. The second-order valence-electron chi connectivity index (χ2n) is 4.78. The Morgan fingerprint density at radius 2 is 1.90 bits per heavy atom. The fourth-order valence-electron chi connectivity index (χ4n) is 1.82. The molecule has 5 heteroatoms. The van der Waals surface area contributed by atoms with Gasteiger partial charge in [-0.25, -0.2) is 9.18 Å². The topological polar surface area (TPSA) is 62.2 Å². The molecule has 0 fully saturated rings. The van der Waals surface area contributed by atoms with Gasteiger partial charge in [-0.2, -0.15) is 0 Å². The summed E-state index contributed by atoms with van der Waals surface area (Å²) in [4.78, 5) is 15.4. The lowest BCUT2D eigenvalue weighted by atomic mass is 9.96. The average molecular weight is 274 g/mol. The van der Waals surface area contributed by atoms with Gasteiger partial charge < -0.3 is 10.4 Å². The molecule has 0 spiro atoms. The summed E-state index contributed by atoms with van der Waals surface area (Å²) in [6, 6.07) is 9.90. The van der Waals surface area contributed by atoms with Gasteiger partial charge in [0.05, 0.1) is 11.9 Å². The van der Waals surface area contributed by atoms with E-state index in [-0.39, 0.29) is 5.69 Å². The first kappa shape index (κ1) is 14.0. The van der Waals surface area contributed by atoms with Crippen LogP contribution in [0, 0.1) is 12.7 Å². The summed E-state index contributed by atoms with van der Waals surface area (Å²) in [7, 11) is 0. The van der Waals surface area contributed by atoms with Crippen molar-refractivity contribution in [3.63, 3.8) is 0 Å². The van der Waals surface area contributed by atoms with Gasteiger partial charge in [-0.1, -0.05) is 17.7 Å². The van der Waals surface area contributed by atoms with E-state index in [0.29, 0.717) is 5.69 Å². The zero-order chi connectivity index (χ0) is 14.8. The van der Waals surface area contributed by atoms with E-state index >= 15 is 0 Å². The third kappa shape index (κ3) is 2.77. The molecule has 0 bridgehead atoms. The number of hydrogen-bond acceptors (Lipinski definition) is 3. The van der Waals surface area contributed by atoms with Crippen LogP contribution in [-0.2, 0) is 10.3 Å². The summed E-state index contributed by atoms with van der Waals surface area (Å²) in [5.74, 6) is -1.59. The van der Waals surface area contributed by atoms with E-state index in [1.807, 2.05) is 19.1 Å². The molecule has 1 aromatic carbocycles. The molecule has 4 nitrogen and oxygen atoms in total. The first-order valence-electron chi connectivity index (χ1n) is 6.12. The predicted molar refractivity (Wildman–Crippen MR) is 74.0 cm³/mol. The van der Waals surface area contributed by atoms with Crippen molar-refractivity contribution in [2.75, 3.05) is 5.32 Å². The monoisotopic (exact) mass is 274 g/mol. The van der Waals surface area contributed by atoms with E-state index in [4.69, 9.17) is 0 Å². The van der Waals surface area contributed by atoms with Crippen LogP contribution in [0.15, 0.2) is 42.6 Å². The number of carbonyl (C=O) groups is 1.